The highest BCUT2D eigenvalue weighted by molar-refractivity contribution is 7.09. The van der Waals surface area contributed by atoms with Crippen molar-refractivity contribution in [3.63, 3.8) is 0 Å². The topological polar surface area (TPSA) is 12.9 Å². The number of aromatic nitrogens is 1. The van der Waals surface area contributed by atoms with Crippen LogP contribution in [-0.2, 0) is 0 Å². The van der Waals surface area contributed by atoms with Gasteiger partial charge in [-0.3, -0.25) is 0 Å². The highest BCUT2D eigenvalue weighted by Crippen LogP contribution is 2.37. The van der Waals surface area contributed by atoms with Crippen LogP contribution in [0.4, 0.5) is 0 Å². The van der Waals surface area contributed by atoms with Gasteiger partial charge in [0.1, 0.15) is 0 Å². The summed E-state index contributed by atoms with van der Waals surface area (Å²) < 4.78 is 0. The summed E-state index contributed by atoms with van der Waals surface area (Å²) in [6.07, 6.45) is 0. The largest absolute Gasteiger partial charge is 0.241 e. The van der Waals surface area contributed by atoms with Crippen LogP contribution >= 0.6 is 46.1 Å². The number of rotatable bonds is 1. The van der Waals surface area contributed by atoms with Crippen molar-refractivity contribution < 1.29 is 0 Å². The summed E-state index contributed by atoms with van der Waals surface area (Å²) in [5, 5.41) is 4.49. The standard InChI is InChI=1S/C10H6Cl3NS/c1-5-14-9(4-15-5)10-7(12)2-6(11)3-8(10)13/h2-4H,1H3. The molecule has 1 heterocycles. The second-order valence-corrected chi connectivity index (χ2v) is 5.31. The van der Waals surface area contributed by atoms with Crippen molar-refractivity contribution in [3.8, 4) is 11.3 Å². The zero-order valence-electron chi connectivity index (χ0n) is 7.72. The lowest BCUT2D eigenvalue weighted by molar-refractivity contribution is 1.30. The Bertz CT molecular complexity index is 484. The van der Waals surface area contributed by atoms with Crippen LogP contribution in [0.25, 0.3) is 11.3 Å². The number of aryl methyl sites for hydroxylation is 1. The van der Waals surface area contributed by atoms with Crippen LogP contribution in [0, 0.1) is 6.92 Å². The third-order valence-electron chi connectivity index (χ3n) is 1.88. The normalized spacial score (nSPS) is 10.7. The van der Waals surface area contributed by atoms with Gasteiger partial charge in [0.2, 0.25) is 0 Å². The molecule has 0 spiro atoms. The Morgan fingerprint density at radius 3 is 2.20 bits per heavy atom. The zero-order valence-corrected chi connectivity index (χ0v) is 10.8. The van der Waals surface area contributed by atoms with Crippen molar-refractivity contribution in [2.75, 3.05) is 0 Å². The molecule has 0 saturated heterocycles. The van der Waals surface area contributed by atoms with Crippen molar-refractivity contribution in [1.29, 1.82) is 0 Å². The molecule has 15 heavy (non-hydrogen) atoms. The van der Waals surface area contributed by atoms with Gasteiger partial charge in [-0.1, -0.05) is 34.8 Å². The Hall–Kier alpha value is -0.280. The van der Waals surface area contributed by atoms with Gasteiger partial charge in [0.05, 0.1) is 20.7 Å². The maximum absolute atomic E-state index is 6.07. The number of benzene rings is 1. The molecular weight excluding hydrogens is 273 g/mol. The van der Waals surface area contributed by atoms with Crippen molar-refractivity contribution >= 4 is 46.1 Å². The average molecular weight is 279 g/mol. The SMILES string of the molecule is Cc1nc(-c2c(Cl)cc(Cl)cc2Cl)cs1. The first-order chi connectivity index (χ1) is 7.08. The van der Waals surface area contributed by atoms with E-state index < -0.39 is 0 Å². The third-order valence-corrected chi connectivity index (χ3v) is 3.47. The first-order valence-electron chi connectivity index (χ1n) is 4.15. The van der Waals surface area contributed by atoms with Crippen LogP contribution in [0.1, 0.15) is 5.01 Å². The summed E-state index contributed by atoms with van der Waals surface area (Å²) in [7, 11) is 0. The number of halogens is 3. The predicted molar refractivity (Wildman–Crippen MR) is 67.3 cm³/mol. The third kappa shape index (κ3) is 2.28. The van der Waals surface area contributed by atoms with E-state index in [2.05, 4.69) is 4.98 Å². The van der Waals surface area contributed by atoms with Crippen molar-refractivity contribution in [3.05, 3.63) is 37.6 Å². The fourth-order valence-electron chi connectivity index (χ4n) is 1.27. The van der Waals surface area contributed by atoms with Gasteiger partial charge in [0.15, 0.2) is 0 Å². The van der Waals surface area contributed by atoms with Gasteiger partial charge in [-0.15, -0.1) is 11.3 Å². The van der Waals surface area contributed by atoms with E-state index in [0.717, 1.165) is 16.3 Å². The molecule has 2 rings (SSSR count). The highest BCUT2D eigenvalue weighted by Gasteiger charge is 2.12. The minimum absolute atomic E-state index is 0.526. The van der Waals surface area contributed by atoms with E-state index in [0.29, 0.717) is 15.1 Å². The molecule has 0 amide bonds. The molecule has 0 bridgehead atoms. The Balaban J connectivity index is 2.62. The van der Waals surface area contributed by atoms with Crippen LogP contribution in [0.15, 0.2) is 17.5 Å². The molecule has 78 valence electrons. The lowest BCUT2D eigenvalue weighted by Crippen LogP contribution is -1.82. The summed E-state index contributed by atoms with van der Waals surface area (Å²) in [5.74, 6) is 0. The smallest absolute Gasteiger partial charge is 0.0901 e. The fourth-order valence-corrected chi connectivity index (χ4v) is 2.88. The molecular formula is C10H6Cl3NS. The monoisotopic (exact) mass is 277 g/mol. The van der Waals surface area contributed by atoms with E-state index in [1.165, 1.54) is 0 Å². The van der Waals surface area contributed by atoms with Gasteiger partial charge in [0, 0.05) is 16.0 Å². The zero-order chi connectivity index (χ0) is 11.0. The lowest BCUT2D eigenvalue weighted by Gasteiger charge is -2.04. The second kappa shape index (κ2) is 4.30. The summed E-state index contributed by atoms with van der Waals surface area (Å²) in [6, 6.07) is 3.33. The van der Waals surface area contributed by atoms with Gasteiger partial charge in [0.25, 0.3) is 0 Å². The first-order valence-corrected chi connectivity index (χ1v) is 6.16. The van der Waals surface area contributed by atoms with Gasteiger partial charge in [-0.05, 0) is 19.1 Å². The summed E-state index contributed by atoms with van der Waals surface area (Å²) in [4.78, 5) is 4.34. The summed E-state index contributed by atoms with van der Waals surface area (Å²) >= 11 is 19.5. The Morgan fingerprint density at radius 2 is 1.73 bits per heavy atom. The average Bonchev–Trinajstić information content (AvgIpc) is 2.49. The molecule has 5 heteroatoms. The number of thiazole rings is 1. The van der Waals surface area contributed by atoms with Crippen molar-refractivity contribution in [1.82, 2.24) is 4.98 Å². The minimum Gasteiger partial charge on any atom is -0.241 e. The summed E-state index contributed by atoms with van der Waals surface area (Å²) in [6.45, 7) is 1.94. The van der Waals surface area contributed by atoms with Crippen LogP contribution in [0.5, 0.6) is 0 Å². The van der Waals surface area contributed by atoms with Crippen LogP contribution in [0.2, 0.25) is 15.1 Å². The van der Waals surface area contributed by atoms with Gasteiger partial charge >= 0.3 is 0 Å². The molecule has 0 fully saturated rings. The molecule has 2 aromatic rings. The molecule has 0 aliphatic rings. The van der Waals surface area contributed by atoms with E-state index in [1.807, 2.05) is 12.3 Å². The van der Waals surface area contributed by atoms with Gasteiger partial charge < -0.3 is 0 Å². The van der Waals surface area contributed by atoms with Crippen molar-refractivity contribution in [2.45, 2.75) is 6.92 Å². The van der Waals surface area contributed by atoms with Crippen LogP contribution in [0.3, 0.4) is 0 Å². The Morgan fingerprint density at radius 1 is 1.13 bits per heavy atom. The Kier molecular flexibility index (Phi) is 3.21. The summed E-state index contributed by atoms with van der Waals surface area (Å²) in [5.41, 5.74) is 1.54. The second-order valence-electron chi connectivity index (χ2n) is 3.00. The van der Waals surface area contributed by atoms with Crippen molar-refractivity contribution in [2.24, 2.45) is 0 Å². The molecule has 0 aliphatic heterocycles. The molecule has 1 nitrogen and oxygen atoms in total. The number of hydrogen-bond donors (Lipinski definition) is 0. The Labute approximate surface area is 107 Å². The van der Waals surface area contributed by atoms with E-state index in [4.69, 9.17) is 34.8 Å². The van der Waals surface area contributed by atoms with Crippen LogP contribution in [-0.4, -0.2) is 4.98 Å². The number of hydrogen-bond acceptors (Lipinski definition) is 2. The molecule has 0 saturated carbocycles. The highest BCUT2D eigenvalue weighted by atomic mass is 35.5. The predicted octanol–water partition coefficient (Wildman–Crippen LogP) is 5.08. The first kappa shape index (κ1) is 11.2. The molecule has 0 aliphatic carbocycles. The van der Waals surface area contributed by atoms with E-state index >= 15 is 0 Å². The quantitative estimate of drug-likeness (QED) is 0.709. The van der Waals surface area contributed by atoms with Gasteiger partial charge in [-0.2, -0.15) is 0 Å². The maximum atomic E-state index is 6.07. The molecule has 0 N–H and O–H groups in total. The van der Waals surface area contributed by atoms with Crippen LogP contribution < -0.4 is 0 Å². The van der Waals surface area contributed by atoms with E-state index in [-0.39, 0.29) is 0 Å². The maximum Gasteiger partial charge on any atom is 0.0901 e. The molecule has 1 aromatic carbocycles. The molecule has 0 atom stereocenters. The number of nitrogens with zero attached hydrogens (tertiary/aromatic N) is 1. The van der Waals surface area contributed by atoms with E-state index in [9.17, 15) is 0 Å². The molecule has 0 radical (unpaired) electrons. The molecule has 0 unspecified atom stereocenters. The van der Waals surface area contributed by atoms with Gasteiger partial charge in [-0.25, -0.2) is 4.98 Å². The molecule has 1 aromatic heterocycles. The minimum atomic E-state index is 0.526. The van der Waals surface area contributed by atoms with E-state index in [1.54, 1.807) is 23.5 Å². The lowest BCUT2D eigenvalue weighted by atomic mass is 10.2. The fraction of sp³-hybridized carbons (Fsp3) is 0.100.